The van der Waals surface area contributed by atoms with Crippen LogP contribution in [0.2, 0.25) is 0 Å². The van der Waals surface area contributed by atoms with Gasteiger partial charge in [-0.3, -0.25) is 0 Å². The number of nitrogens with one attached hydrogen (secondary N) is 1. The fourth-order valence-electron chi connectivity index (χ4n) is 1.76. The van der Waals surface area contributed by atoms with Crippen molar-refractivity contribution in [1.82, 2.24) is 5.32 Å². The van der Waals surface area contributed by atoms with Crippen molar-refractivity contribution in [1.29, 1.82) is 0 Å². The SMILES string of the molecule is COCC(CCO)NCCOc1ccccc1OC. The Kier molecular flexibility index (Phi) is 7.97. The lowest BCUT2D eigenvalue weighted by Crippen LogP contribution is -2.36. The van der Waals surface area contributed by atoms with Crippen LogP contribution in [0.3, 0.4) is 0 Å². The minimum absolute atomic E-state index is 0.147. The number of aliphatic hydroxyl groups excluding tert-OH is 1. The molecule has 1 aromatic rings. The Labute approximate surface area is 114 Å². The van der Waals surface area contributed by atoms with Crippen LogP contribution in [0.5, 0.6) is 11.5 Å². The summed E-state index contributed by atoms with van der Waals surface area (Å²) in [5.74, 6) is 1.46. The van der Waals surface area contributed by atoms with Crippen molar-refractivity contribution in [3.63, 3.8) is 0 Å². The van der Waals surface area contributed by atoms with Gasteiger partial charge in [-0.1, -0.05) is 12.1 Å². The molecule has 5 heteroatoms. The van der Waals surface area contributed by atoms with Crippen molar-refractivity contribution in [2.24, 2.45) is 0 Å². The molecule has 1 atom stereocenters. The molecule has 0 aliphatic carbocycles. The number of hydrogen-bond donors (Lipinski definition) is 2. The first-order valence-corrected chi connectivity index (χ1v) is 6.40. The highest BCUT2D eigenvalue weighted by Gasteiger charge is 2.07. The maximum absolute atomic E-state index is 8.92. The highest BCUT2D eigenvalue weighted by molar-refractivity contribution is 5.39. The Morgan fingerprint density at radius 3 is 2.58 bits per heavy atom. The standard InChI is InChI=1S/C14H23NO4/c1-17-11-12(7-9-16)15-8-10-19-14-6-4-3-5-13(14)18-2/h3-6,12,15-16H,7-11H2,1-2H3. The second-order valence-electron chi connectivity index (χ2n) is 4.12. The highest BCUT2D eigenvalue weighted by atomic mass is 16.5. The van der Waals surface area contributed by atoms with Crippen molar-refractivity contribution in [3.05, 3.63) is 24.3 Å². The van der Waals surface area contributed by atoms with E-state index in [0.29, 0.717) is 26.2 Å². The third-order valence-electron chi connectivity index (χ3n) is 2.71. The van der Waals surface area contributed by atoms with E-state index in [-0.39, 0.29) is 12.6 Å². The van der Waals surface area contributed by atoms with Gasteiger partial charge in [-0.25, -0.2) is 0 Å². The van der Waals surface area contributed by atoms with Crippen molar-refractivity contribution in [3.8, 4) is 11.5 Å². The topological polar surface area (TPSA) is 60.0 Å². The summed E-state index contributed by atoms with van der Waals surface area (Å²) in [5.41, 5.74) is 0. The number of benzene rings is 1. The Morgan fingerprint density at radius 1 is 1.21 bits per heavy atom. The molecule has 1 rings (SSSR count). The minimum atomic E-state index is 0.147. The summed E-state index contributed by atoms with van der Waals surface area (Å²) in [6, 6.07) is 7.70. The highest BCUT2D eigenvalue weighted by Crippen LogP contribution is 2.25. The summed E-state index contributed by atoms with van der Waals surface area (Å²) >= 11 is 0. The number of para-hydroxylation sites is 2. The molecule has 0 bridgehead atoms. The van der Waals surface area contributed by atoms with Gasteiger partial charge in [0, 0.05) is 26.3 Å². The molecule has 0 amide bonds. The monoisotopic (exact) mass is 269 g/mol. The molecule has 2 N–H and O–H groups in total. The van der Waals surface area contributed by atoms with Crippen molar-refractivity contribution < 1.29 is 19.3 Å². The van der Waals surface area contributed by atoms with Gasteiger partial charge in [0.1, 0.15) is 6.61 Å². The Balaban J connectivity index is 2.29. The van der Waals surface area contributed by atoms with E-state index in [1.807, 2.05) is 24.3 Å². The summed E-state index contributed by atoms with van der Waals surface area (Å²) in [6.45, 7) is 1.95. The van der Waals surface area contributed by atoms with Crippen LogP contribution in [0.4, 0.5) is 0 Å². The van der Waals surface area contributed by atoms with Crippen LogP contribution in [0, 0.1) is 0 Å². The minimum Gasteiger partial charge on any atom is -0.493 e. The van der Waals surface area contributed by atoms with Gasteiger partial charge in [0.05, 0.1) is 13.7 Å². The fourth-order valence-corrected chi connectivity index (χ4v) is 1.76. The summed E-state index contributed by atoms with van der Waals surface area (Å²) in [5, 5.41) is 12.2. The second kappa shape index (κ2) is 9.61. The normalized spacial score (nSPS) is 12.2. The third-order valence-corrected chi connectivity index (χ3v) is 2.71. The number of aliphatic hydroxyl groups is 1. The quantitative estimate of drug-likeness (QED) is 0.622. The molecule has 0 heterocycles. The molecule has 0 aliphatic heterocycles. The molecule has 1 aromatic carbocycles. The van der Waals surface area contributed by atoms with Crippen LogP contribution in [0.15, 0.2) is 24.3 Å². The van der Waals surface area contributed by atoms with Gasteiger partial charge in [0.2, 0.25) is 0 Å². The smallest absolute Gasteiger partial charge is 0.161 e. The first-order chi connectivity index (χ1) is 9.31. The molecule has 5 nitrogen and oxygen atoms in total. The molecule has 0 fully saturated rings. The molecule has 0 spiro atoms. The van der Waals surface area contributed by atoms with Gasteiger partial charge in [-0.15, -0.1) is 0 Å². The maximum atomic E-state index is 8.92. The van der Waals surface area contributed by atoms with E-state index in [2.05, 4.69) is 5.32 Å². The van der Waals surface area contributed by atoms with Crippen LogP contribution in [-0.2, 0) is 4.74 Å². The van der Waals surface area contributed by atoms with Crippen molar-refractivity contribution in [2.75, 3.05) is 40.6 Å². The summed E-state index contributed by atoms with van der Waals surface area (Å²) < 4.78 is 15.9. The van der Waals surface area contributed by atoms with Gasteiger partial charge >= 0.3 is 0 Å². The van der Waals surface area contributed by atoms with E-state index in [1.165, 1.54) is 0 Å². The lowest BCUT2D eigenvalue weighted by Gasteiger charge is -2.17. The number of methoxy groups -OCH3 is 2. The molecule has 108 valence electrons. The Hall–Kier alpha value is -1.30. The third kappa shape index (κ3) is 5.92. The summed E-state index contributed by atoms with van der Waals surface area (Å²) in [4.78, 5) is 0. The molecule has 0 aromatic heterocycles. The van der Waals surface area contributed by atoms with Crippen LogP contribution < -0.4 is 14.8 Å². The van der Waals surface area contributed by atoms with E-state index in [9.17, 15) is 0 Å². The summed E-state index contributed by atoms with van der Waals surface area (Å²) in [7, 11) is 3.27. The van der Waals surface area contributed by atoms with E-state index >= 15 is 0 Å². The van der Waals surface area contributed by atoms with E-state index in [1.54, 1.807) is 14.2 Å². The Morgan fingerprint density at radius 2 is 1.95 bits per heavy atom. The van der Waals surface area contributed by atoms with E-state index in [0.717, 1.165) is 11.5 Å². The predicted octanol–water partition coefficient (Wildman–Crippen LogP) is 1.06. The number of rotatable bonds is 10. The van der Waals surface area contributed by atoms with Crippen LogP contribution in [-0.4, -0.2) is 51.7 Å². The molecule has 0 saturated heterocycles. The van der Waals surface area contributed by atoms with Gasteiger partial charge < -0.3 is 24.6 Å². The van der Waals surface area contributed by atoms with Gasteiger partial charge in [-0.05, 0) is 18.6 Å². The lowest BCUT2D eigenvalue weighted by atomic mass is 10.2. The first-order valence-electron chi connectivity index (χ1n) is 6.40. The molecule has 1 unspecified atom stereocenters. The largest absolute Gasteiger partial charge is 0.493 e. The van der Waals surface area contributed by atoms with Crippen LogP contribution in [0.1, 0.15) is 6.42 Å². The number of ether oxygens (including phenoxy) is 3. The summed E-state index contributed by atoms with van der Waals surface area (Å²) in [6.07, 6.45) is 0.669. The first kappa shape index (κ1) is 15.8. The molecular formula is C14H23NO4. The zero-order valence-corrected chi connectivity index (χ0v) is 11.6. The molecule has 19 heavy (non-hydrogen) atoms. The molecule has 0 radical (unpaired) electrons. The average molecular weight is 269 g/mol. The lowest BCUT2D eigenvalue weighted by molar-refractivity contribution is 0.145. The second-order valence-corrected chi connectivity index (χ2v) is 4.12. The molecule has 0 saturated carbocycles. The predicted molar refractivity (Wildman–Crippen MR) is 73.9 cm³/mol. The van der Waals surface area contributed by atoms with Gasteiger partial charge in [-0.2, -0.15) is 0 Å². The van der Waals surface area contributed by atoms with Gasteiger partial charge in [0.15, 0.2) is 11.5 Å². The van der Waals surface area contributed by atoms with E-state index in [4.69, 9.17) is 19.3 Å². The van der Waals surface area contributed by atoms with Crippen molar-refractivity contribution >= 4 is 0 Å². The average Bonchev–Trinajstić information content (AvgIpc) is 2.44. The Bertz CT molecular complexity index is 340. The van der Waals surface area contributed by atoms with Gasteiger partial charge in [0.25, 0.3) is 0 Å². The number of hydrogen-bond acceptors (Lipinski definition) is 5. The zero-order chi connectivity index (χ0) is 13.9. The zero-order valence-electron chi connectivity index (χ0n) is 11.6. The van der Waals surface area contributed by atoms with Crippen LogP contribution >= 0.6 is 0 Å². The fraction of sp³-hybridized carbons (Fsp3) is 0.571. The maximum Gasteiger partial charge on any atom is 0.161 e. The molecule has 0 aliphatic rings. The van der Waals surface area contributed by atoms with Crippen LogP contribution in [0.25, 0.3) is 0 Å². The molecular weight excluding hydrogens is 246 g/mol. The van der Waals surface area contributed by atoms with Crippen molar-refractivity contribution in [2.45, 2.75) is 12.5 Å². The van der Waals surface area contributed by atoms with E-state index < -0.39 is 0 Å².